The Kier molecular flexibility index (Phi) is 5.85. The SMILES string of the molecule is CC(C)CCCC(C)C1CCC2C3CC=C4C(C)(C)C(=O)CC[C@]4(C)C3CC[C@]12C. The fourth-order valence-electron chi connectivity index (χ4n) is 9.24. The van der Waals surface area contributed by atoms with E-state index in [0.29, 0.717) is 11.2 Å². The van der Waals surface area contributed by atoms with Gasteiger partial charge >= 0.3 is 0 Å². The van der Waals surface area contributed by atoms with Crippen molar-refractivity contribution in [2.45, 2.75) is 113 Å². The summed E-state index contributed by atoms with van der Waals surface area (Å²) in [5.41, 5.74) is 2.10. The van der Waals surface area contributed by atoms with Crippen LogP contribution in [0, 0.1) is 51.8 Å². The molecule has 0 bridgehead atoms. The highest BCUT2D eigenvalue weighted by Crippen LogP contribution is 2.68. The Hall–Kier alpha value is -0.590. The Labute approximate surface area is 186 Å². The molecule has 0 aromatic carbocycles. The third kappa shape index (κ3) is 3.36. The van der Waals surface area contributed by atoms with Crippen molar-refractivity contribution >= 4 is 5.78 Å². The maximum absolute atomic E-state index is 12.7. The summed E-state index contributed by atoms with van der Waals surface area (Å²) in [5, 5.41) is 0. The Morgan fingerprint density at radius 3 is 2.40 bits per heavy atom. The van der Waals surface area contributed by atoms with Crippen LogP contribution >= 0.6 is 0 Å². The van der Waals surface area contributed by atoms with Crippen LogP contribution in [-0.2, 0) is 4.79 Å². The van der Waals surface area contributed by atoms with Gasteiger partial charge in [0.05, 0.1) is 0 Å². The summed E-state index contributed by atoms with van der Waals surface area (Å²) in [7, 11) is 0. The van der Waals surface area contributed by atoms with Crippen LogP contribution in [0.1, 0.15) is 113 Å². The first-order chi connectivity index (χ1) is 14.0. The number of ketones is 1. The van der Waals surface area contributed by atoms with Gasteiger partial charge in [0, 0.05) is 11.8 Å². The van der Waals surface area contributed by atoms with E-state index in [4.69, 9.17) is 0 Å². The van der Waals surface area contributed by atoms with Gasteiger partial charge in [0.2, 0.25) is 0 Å². The molecule has 0 amide bonds. The van der Waals surface area contributed by atoms with Gasteiger partial charge in [-0.1, -0.05) is 65.5 Å². The monoisotopic (exact) mass is 412 g/mol. The zero-order valence-corrected chi connectivity index (χ0v) is 21.0. The predicted octanol–water partition coefficient (Wildman–Crippen LogP) is 8.23. The second kappa shape index (κ2) is 7.77. The standard InChI is InChI=1S/C29H48O/c1-19(2)9-8-10-20(3)22-12-13-23-21-11-14-25-27(4,5)26(30)16-18-29(25,7)24(21)15-17-28(22,23)6/h14,19-24H,8-13,15-18H2,1-7H3/t20?,21?,22?,23?,24?,28-,29-/m1/s1. The third-order valence-electron chi connectivity index (χ3n) is 10.9. The molecule has 0 spiro atoms. The van der Waals surface area contributed by atoms with E-state index in [1.54, 1.807) is 0 Å². The molecule has 0 N–H and O–H groups in total. The summed E-state index contributed by atoms with van der Waals surface area (Å²) >= 11 is 0. The molecule has 4 rings (SSSR count). The van der Waals surface area contributed by atoms with E-state index in [1.807, 2.05) is 0 Å². The highest BCUT2D eigenvalue weighted by Gasteiger charge is 2.61. The highest BCUT2D eigenvalue weighted by molar-refractivity contribution is 5.89. The molecule has 7 atom stereocenters. The average Bonchev–Trinajstić information content (AvgIpc) is 3.02. The molecule has 0 radical (unpaired) electrons. The Morgan fingerprint density at radius 1 is 0.967 bits per heavy atom. The number of rotatable bonds is 5. The second-order valence-corrected chi connectivity index (χ2v) is 13.2. The van der Waals surface area contributed by atoms with Crippen molar-refractivity contribution in [2.75, 3.05) is 0 Å². The normalized spacial score (nSPS) is 43.6. The Bertz CT molecular complexity index is 699. The van der Waals surface area contributed by atoms with Crippen molar-refractivity contribution in [2.24, 2.45) is 51.8 Å². The van der Waals surface area contributed by atoms with E-state index in [2.05, 4.69) is 54.5 Å². The van der Waals surface area contributed by atoms with Gasteiger partial charge < -0.3 is 0 Å². The molecule has 5 unspecified atom stereocenters. The zero-order valence-electron chi connectivity index (χ0n) is 21.0. The first kappa shape index (κ1) is 22.6. The zero-order chi connectivity index (χ0) is 21.9. The minimum Gasteiger partial charge on any atom is -0.299 e. The third-order valence-corrected chi connectivity index (χ3v) is 10.9. The number of hydrogen-bond acceptors (Lipinski definition) is 1. The molecule has 170 valence electrons. The Balaban J connectivity index is 1.54. The van der Waals surface area contributed by atoms with Crippen molar-refractivity contribution < 1.29 is 4.79 Å². The van der Waals surface area contributed by atoms with Gasteiger partial charge in [0.1, 0.15) is 5.78 Å². The lowest BCUT2D eigenvalue weighted by atomic mass is 9.44. The summed E-state index contributed by atoms with van der Waals surface area (Å²) in [6.45, 7) is 16.9. The maximum Gasteiger partial charge on any atom is 0.142 e. The van der Waals surface area contributed by atoms with Gasteiger partial charge in [-0.3, -0.25) is 4.79 Å². The number of allylic oxidation sites excluding steroid dienone is 2. The predicted molar refractivity (Wildman–Crippen MR) is 127 cm³/mol. The molecule has 0 aromatic rings. The van der Waals surface area contributed by atoms with Crippen molar-refractivity contribution in [3.05, 3.63) is 11.6 Å². The molecule has 0 aromatic heterocycles. The van der Waals surface area contributed by atoms with E-state index in [1.165, 1.54) is 56.9 Å². The number of hydrogen-bond donors (Lipinski definition) is 0. The van der Waals surface area contributed by atoms with Gasteiger partial charge in [-0.25, -0.2) is 0 Å². The molecule has 0 aliphatic heterocycles. The van der Waals surface area contributed by atoms with Crippen molar-refractivity contribution in [3.8, 4) is 0 Å². The van der Waals surface area contributed by atoms with Gasteiger partial charge in [0.15, 0.2) is 0 Å². The number of carbonyl (C=O) groups is 1. The molecule has 1 nitrogen and oxygen atoms in total. The number of Topliss-reactive ketones (excluding diaryl/α,β-unsaturated/α-hetero) is 1. The summed E-state index contributed by atoms with van der Waals surface area (Å²) in [6.07, 6.45) is 15.7. The second-order valence-electron chi connectivity index (χ2n) is 13.2. The van der Waals surface area contributed by atoms with Crippen LogP contribution in [0.3, 0.4) is 0 Å². The molecule has 3 saturated carbocycles. The summed E-state index contributed by atoms with van der Waals surface area (Å²) in [4.78, 5) is 12.7. The molecular formula is C29H48O. The first-order valence-corrected chi connectivity index (χ1v) is 13.3. The van der Waals surface area contributed by atoms with Gasteiger partial charge in [-0.15, -0.1) is 0 Å². The fraction of sp³-hybridized carbons (Fsp3) is 0.897. The van der Waals surface area contributed by atoms with Gasteiger partial charge in [0.25, 0.3) is 0 Å². The molecule has 4 aliphatic carbocycles. The maximum atomic E-state index is 12.7. The molecule has 1 heteroatoms. The van der Waals surface area contributed by atoms with Crippen LogP contribution < -0.4 is 0 Å². The van der Waals surface area contributed by atoms with Crippen LogP contribution in [0.5, 0.6) is 0 Å². The Morgan fingerprint density at radius 2 is 1.70 bits per heavy atom. The van der Waals surface area contributed by atoms with E-state index >= 15 is 0 Å². The molecule has 4 aliphatic rings. The lowest BCUT2D eigenvalue weighted by Gasteiger charge is -2.60. The van der Waals surface area contributed by atoms with Gasteiger partial charge in [-0.05, 0) is 98.7 Å². The van der Waals surface area contributed by atoms with Gasteiger partial charge in [-0.2, -0.15) is 0 Å². The lowest BCUT2D eigenvalue weighted by molar-refractivity contribution is -0.132. The van der Waals surface area contributed by atoms with E-state index in [0.717, 1.165) is 48.3 Å². The fourth-order valence-corrected chi connectivity index (χ4v) is 9.24. The topological polar surface area (TPSA) is 17.1 Å². The van der Waals surface area contributed by atoms with Crippen LogP contribution in [0.2, 0.25) is 0 Å². The van der Waals surface area contributed by atoms with Crippen LogP contribution in [0.15, 0.2) is 11.6 Å². The minimum atomic E-state index is -0.234. The van der Waals surface area contributed by atoms with E-state index in [9.17, 15) is 4.79 Å². The smallest absolute Gasteiger partial charge is 0.142 e. The molecule has 30 heavy (non-hydrogen) atoms. The summed E-state index contributed by atoms with van der Waals surface area (Å²) < 4.78 is 0. The van der Waals surface area contributed by atoms with Crippen molar-refractivity contribution in [3.63, 3.8) is 0 Å². The summed E-state index contributed by atoms with van der Waals surface area (Å²) in [6, 6.07) is 0. The molecule has 0 heterocycles. The van der Waals surface area contributed by atoms with Crippen LogP contribution in [0.4, 0.5) is 0 Å². The molecular weight excluding hydrogens is 364 g/mol. The van der Waals surface area contributed by atoms with Crippen molar-refractivity contribution in [1.82, 2.24) is 0 Å². The van der Waals surface area contributed by atoms with Crippen LogP contribution in [-0.4, -0.2) is 5.78 Å². The number of fused-ring (bicyclic) bond motifs is 5. The minimum absolute atomic E-state index is 0.234. The number of carbonyl (C=O) groups excluding carboxylic acids is 1. The van der Waals surface area contributed by atoms with Crippen molar-refractivity contribution in [1.29, 1.82) is 0 Å². The first-order valence-electron chi connectivity index (χ1n) is 13.3. The lowest BCUT2D eigenvalue weighted by Crippen LogP contribution is -2.53. The van der Waals surface area contributed by atoms with E-state index in [-0.39, 0.29) is 10.8 Å². The largest absolute Gasteiger partial charge is 0.299 e. The van der Waals surface area contributed by atoms with Crippen LogP contribution in [0.25, 0.3) is 0 Å². The molecule has 3 fully saturated rings. The quantitative estimate of drug-likeness (QED) is 0.415. The average molecular weight is 413 g/mol. The molecule has 0 saturated heterocycles. The summed E-state index contributed by atoms with van der Waals surface area (Å²) in [5.74, 6) is 5.69. The highest BCUT2D eigenvalue weighted by atomic mass is 16.1. The van der Waals surface area contributed by atoms with E-state index < -0.39 is 0 Å².